The number of rotatable bonds is 5. The van der Waals surface area contributed by atoms with Crippen molar-refractivity contribution in [3.05, 3.63) is 0 Å². The van der Waals surface area contributed by atoms with Gasteiger partial charge in [-0.1, -0.05) is 27.2 Å². The lowest BCUT2D eigenvalue weighted by Gasteiger charge is -2.41. The summed E-state index contributed by atoms with van der Waals surface area (Å²) in [5.74, 6) is 2.12. The first kappa shape index (κ1) is 16.2. The molecule has 0 spiro atoms. The predicted octanol–water partition coefficient (Wildman–Crippen LogP) is 4.64. The van der Waals surface area contributed by atoms with Crippen LogP contribution >= 0.6 is 11.8 Å². The Bertz CT molecular complexity index is 343. The second kappa shape index (κ2) is 7.18. The van der Waals surface area contributed by atoms with Gasteiger partial charge in [0.05, 0.1) is 18.1 Å². The molecule has 0 aromatic heterocycles. The highest BCUT2D eigenvalue weighted by Gasteiger charge is 2.37. The van der Waals surface area contributed by atoms with Crippen LogP contribution in [-0.2, 0) is 4.74 Å². The van der Waals surface area contributed by atoms with E-state index in [-0.39, 0.29) is 5.92 Å². The van der Waals surface area contributed by atoms with Crippen molar-refractivity contribution in [3.63, 3.8) is 0 Å². The lowest BCUT2D eigenvalue weighted by atomic mass is 9.67. The summed E-state index contributed by atoms with van der Waals surface area (Å²) in [6.07, 6.45) is 7.64. The summed E-state index contributed by atoms with van der Waals surface area (Å²) < 4.78 is 5.72. The number of nitriles is 1. The molecule has 2 aliphatic rings. The van der Waals surface area contributed by atoms with Crippen LogP contribution in [0, 0.1) is 28.6 Å². The van der Waals surface area contributed by atoms with Crippen molar-refractivity contribution in [2.75, 3.05) is 12.4 Å². The predicted molar refractivity (Wildman–Crippen MR) is 85.7 cm³/mol. The van der Waals surface area contributed by atoms with Crippen molar-refractivity contribution >= 4 is 11.8 Å². The van der Waals surface area contributed by atoms with Gasteiger partial charge in [0.25, 0.3) is 0 Å². The molecule has 0 aromatic rings. The molecule has 1 aliphatic heterocycles. The molecule has 3 heteroatoms. The first-order valence-corrected chi connectivity index (χ1v) is 9.24. The highest BCUT2D eigenvalue weighted by atomic mass is 32.2. The first-order valence-electron chi connectivity index (χ1n) is 8.19. The summed E-state index contributed by atoms with van der Waals surface area (Å²) in [6, 6.07) is 2.56. The fraction of sp³-hybridized carbons (Fsp3) is 0.941. The molecule has 4 atom stereocenters. The van der Waals surface area contributed by atoms with Crippen LogP contribution in [0.2, 0.25) is 0 Å². The molecule has 1 saturated heterocycles. The van der Waals surface area contributed by atoms with Gasteiger partial charge in [-0.05, 0) is 43.4 Å². The van der Waals surface area contributed by atoms with Crippen LogP contribution in [0.25, 0.3) is 0 Å². The van der Waals surface area contributed by atoms with E-state index in [1.54, 1.807) is 0 Å². The van der Waals surface area contributed by atoms with E-state index in [4.69, 9.17) is 4.74 Å². The summed E-state index contributed by atoms with van der Waals surface area (Å²) in [5.41, 5.74) is 0.420. The molecule has 0 N–H and O–H groups in total. The van der Waals surface area contributed by atoms with Gasteiger partial charge in [0.2, 0.25) is 0 Å². The Morgan fingerprint density at radius 1 is 1.30 bits per heavy atom. The summed E-state index contributed by atoms with van der Waals surface area (Å²) >= 11 is 2.01. The molecule has 2 rings (SSSR count). The van der Waals surface area contributed by atoms with Gasteiger partial charge < -0.3 is 4.74 Å². The van der Waals surface area contributed by atoms with E-state index in [1.165, 1.54) is 32.1 Å². The second-order valence-electron chi connectivity index (χ2n) is 7.09. The Morgan fingerprint density at radius 3 is 2.70 bits per heavy atom. The van der Waals surface area contributed by atoms with E-state index in [2.05, 4.69) is 26.8 Å². The lowest BCUT2D eigenvalue weighted by molar-refractivity contribution is 0.127. The van der Waals surface area contributed by atoms with Crippen LogP contribution in [0.4, 0.5) is 0 Å². The van der Waals surface area contributed by atoms with Gasteiger partial charge in [0.1, 0.15) is 0 Å². The topological polar surface area (TPSA) is 33.0 Å². The molecule has 114 valence electrons. The van der Waals surface area contributed by atoms with Crippen LogP contribution in [0.3, 0.4) is 0 Å². The molecular weight excluding hydrogens is 266 g/mol. The van der Waals surface area contributed by atoms with Crippen LogP contribution in [-0.4, -0.2) is 23.7 Å². The first-order chi connectivity index (χ1) is 9.56. The third kappa shape index (κ3) is 3.92. The van der Waals surface area contributed by atoms with E-state index in [0.717, 1.165) is 24.7 Å². The monoisotopic (exact) mass is 295 g/mol. The van der Waals surface area contributed by atoms with Crippen molar-refractivity contribution in [2.45, 2.75) is 70.7 Å². The van der Waals surface area contributed by atoms with Gasteiger partial charge in [-0.3, -0.25) is 0 Å². The van der Waals surface area contributed by atoms with Crippen molar-refractivity contribution in [1.82, 2.24) is 0 Å². The normalized spacial score (nSPS) is 34.9. The minimum Gasteiger partial charge on any atom is -0.377 e. The maximum Gasteiger partial charge on any atom is 0.0667 e. The molecule has 0 bridgehead atoms. The van der Waals surface area contributed by atoms with Crippen LogP contribution in [0.1, 0.15) is 59.3 Å². The van der Waals surface area contributed by atoms with Crippen molar-refractivity contribution in [2.24, 2.45) is 17.3 Å². The smallest absolute Gasteiger partial charge is 0.0667 e. The quantitative estimate of drug-likeness (QED) is 0.740. The molecule has 0 amide bonds. The van der Waals surface area contributed by atoms with Gasteiger partial charge in [0, 0.05) is 17.6 Å². The second-order valence-corrected chi connectivity index (χ2v) is 8.37. The molecule has 4 unspecified atom stereocenters. The largest absolute Gasteiger partial charge is 0.377 e. The zero-order valence-corrected chi connectivity index (χ0v) is 14.0. The molecule has 1 saturated carbocycles. The van der Waals surface area contributed by atoms with Gasteiger partial charge in [-0.2, -0.15) is 17.0 Å². The standard InChI is InChI=1S/C17H29NOS/c1-4-17(2,3)14-8-7-13(11-18)16(10-14)20-12-15-6-5-9-19-15/h13-16H,4-10,12H2,1-3H3. The molecule has 1 aliphatic carbocycles. The SMILES string of the molecule is CCC(C)(C)C1CCC(C#N)C(SCC2CCCO2)C1. The number of hydrogen-bond acceptors (Lipinski definition) is 3. The number of thioether (sulfide) groups is 1. The van der Waals surface area contributed by atoms with E-state index in [0.29, 0.717) is 16.8 Å². The molecular formula is C17H29NOS. The van der Waals surface area contributed by atoms with Gasteiger partial charge in [0.15, 0.2) is 0 Å². The van der Waals surface area contributed by atoms with E-state index in [9.17, 15) is 5.26 Å². The van der Waals surface area contributed by atoms with Crippen molar-refractivity contribution < 1.29 is 4.74 Å². The Morgan fingerprint density at radius 2 is 2.10 bits per heavy atom. The van der Waals surface area contributed by atoms with Crippen LogP contribution in [0.5, 0.6) is 0 Å². The van der Waals surface area contributed by atoms with E-state index >= 15 is 0 Å². The number of ether oxygens (including phenoxy) is 1. The van der Waals surface area contributed by atoms with E-state index < -0.39 is 0 Å². The maximum absolute atomic E-state index is 9.41. The minimum absolute atomic E-state index is 0.255. The average molecular weight is 295 g/mol. The number of hydrogen-bond donors (Lipinski definition) is 0. The number of nitrogens with zero attached hydrogens (tertiary/aromatic N) is 1. The Hall–Kier alpha value is -0.200. The fourth-order valence-electron chi connectivity index (χ4n) is 3.47. The third-order valence-corrected chi connectivity index (χ3v) is 7.01. The third-order valence-electron chi connectivity index (χ3n) is 5.49. The summed E-state index contributed by atoms with van der Waals surface area (Å²) in [5, 5.41) is 9.93. The van der Waals surface area contributed by atoms with Crippen molar-refractivity contribution in [3.8, 4) is 6.07 Å². The zero-order chi connectivity index (χ0) is 14.6. The molecule has 20 heavy (non-hydrogen) atoms. The zero-order valence-electron chi connectivity index (χ0n) is 13.2. The molecule has 0 aromatic carbocycles. The Labute approximate surface area is 128 Å². The molecule has 2 nitrogen and oxygen atoms in total. The Kier molecular flexibility index (Phi) is 5.81. The van der Waals surface area contributed by atoms with Gasteiger partial charge >= 0.3 is 0 Å². The summed E-state index contributed by atoms with van der Waals surface area (Å²) in [7, 11) is 0. The van der Waals surface area contributed by atoms with Crippen LogP contribution in [0.15, 0.2) is 0 Å². The minimum atomic E-state index is 0.255. The maximum atomic E-state index is 9.41. The van der Waals surface area contributed by atoms with Gasteiger partial charge in [-0.15, -0.1) is 0 Å². The Balaban J connectivity index is 1.90. The van der Waals surface area contributed by atoms with Crippen molar-refractivity contribution in [1.29, 1.82) is 5.26 Å². The fourth-order valence-corrected chi connectivity index (χ4v) is 4.99. The molecule has 2 fully saturated rings. The lowest BCUT2D eigenvalue weighted by Crippen LogP contribution is -2.34. The van der Waals surface area contributed by atoms with Gasteiger partial charge in [-0.25, -0.2) is 0 Å². The molecule has 0 radical (unpaired) electrons. The summed E-state index contributed by atoms with van der Waals surface area (Å²) in [4.78, 5) is 0. The summed E-state index contributed by atoms with van der Waals surface area (Å²) in [6.45, 7) is 8.02. The van der Waals surface area contributed by atoms with E-state index in [1.807, 2.05) is 11.8 Å². The van der Waals surface area contributed by atoms with Crippen LogP contribution < -0.4 is 0 Å². The highest BCUT2D eigenvalue weighted by molar-refractivity contribution is 7.99. The highest BCUT2D eigenvalue weighted by Crippen LogP contribution is 2.45. The average Bonchev–Trinajstić information content (AvgIpc) is 2.98. The molecule has 1 heterocycles.